The van der Waals surface area contributed by atoms with Crippen molar-refractivity contribution in [1.82, 2.24) is 9.88 Å². The molecule has 1 aromatic heterocycles. The number of aromatic nitrogens is 2. The smallest absolute Gasteiger partial charge is 0.262 e. The first kappa shape index (κ1) is 13.0. The summed E-state index contributed by atoms with van der Waals surface area (Å²) in [7, 11) is 1.98. The van der Waals surface area contributed by atoms with E-state index >= 15 is 0 Å². The number of hydrogen-bond acceptors (Lipinski definition) is 1. The number of amides is 1. The SMILES string of the molecule is Cc1n(CC(=O)NC2CCC2)cc[n+]1C.[Cl-]. The van der Waals surface area contributed by atoms with Crippen molar-refractivity contribution in [3.8, 4) is 0 Å². The normalized spacial score (nSPS) is 15.1. The summed E-state index contributed by atoms with van der Waals surface area (Å²) in [5.74, 6) is 1.22. The van der Waals surface area contributed by atoms with Gasteiger partial charge in [0.15, 0.2) is 6.54 Å². The Morgan fingerprint density at radius 1 is 1.62 bits per heavy atom. The molecule has 0 atom stereocenters. The largest absolute Gasteiger partial charge is 1.00 e. The van der Waals surface area contributed by atoms with Crippen LogP contribution in [0.4, 0.5) is 0 Å². The van der Waals surface area contributed by atoms with Crippen molar-refractivity contribution in [2.24, 2.45) is 7.05 Å². The van der Waals surface area contributed by atoms with Crippen LogP contribution in [0.3, 0.4) is 0 Å². The van der Waals surface area contributed by atoms with Gasteiger partial charge in [-0.05, 0) is 19.3 Å². The molecule has 2 rings (SSSR count). The van der Waals surface area contributed by atoms with Crippen LogP contribution in [0, 0.1) is 6.92 Å². The molecule has 0 radical (unpaired) electrons. The molecule has 0 saturated heterocycles. The van der Waals surface area contributed by atoms with Crippen molar-refractivity contribution in [1.29, 1.82) is 0 Å². The number of carbonyl (C=O) groups is 1. The van der Waals surface area contributed by atoms with E-state index in [4.69, 9.17) is 0 Å². The van der Waals surface area contributed by atoms with E-state index in [1.165, 1.54) is 6.42 Å². The summed E-state index contributed by atoms with van der Waals surface area (Å²) in [6.07, 6.45) is 7.44. The lowest BCUT2D eigenvalue weighted by Gasteiger charge is -2.25. The van der Waals surface area contributed by atoms with Crippen LogP contribution in [0.5, 0.6) is 0 Å². The number of imidazole rings is 1. The van der Waals surface area contributed by atoms with E-state index in [0.29, 0.717) is 12.6 Å². The number of aryl methyl sites for hydroxylation is 1. The van der Waals surface area contributed by atoms with Crippen LogP contribution in [0.25, 0.3) is 0 Å². The van der Waals surface area contributed by atoms with Gasteiger partial charge in [0.25, 0.3) is 11.7 Å². The number of halogens is 1. The van der Waals surface area contributed by atoms with Gasteiger partial charge in [0.2, 0.25) is 0 Å². The Bertz CT molecular complexity index is 371. The third-order valence-corrected chi connectivity index (χ3v) is 3.18. The molecule has 90 valence electrons. The van der Waals surface area contributed by atoms with E-state index in [1.807, 2.05) is 35.5 Å². The van der Waals surface area contributed by atoms with E-state index in [2.05, 4.69) is 5.32 Å². The fourth-order valence-electron chi connectivity index (χ4n) is 1.75. The predicted molar refractivity (Wildman–Crippen MR) is 56.1 cm³/mol. The van der Waals surface area contributed by atoms with Crippen molar-refractivity contribution < 1.29 is 21.8 Å². The Balaban J connectivity index is 0.00000128. The fourth-order valence-corrected chi connectivity index (χ4v) is 1.75. The van der Waals surface area contributed by atoms with Gasteiger partial charge in [0, 0.05) is 13.0 Å². The molecule has 1 N–H and O–H groups in total. The molecule has 1 aliphatic carbocycles. The van der Waals surface area contributed by atoms with Crippen LogP contribution >= 0.6 is 0 Å². The van der Waals surface area contributed by atoms with Crippen molar-refractivity contribution in [3.63, 3.8) is 0 Å². The third kappa shape index (κ3) is 2.76. The highest BCUT2D eigenvalue weighted by Crippen LogP contribution is 2.17. The van der Waals surface area contributed by atoms with Gasteiger partial charge < -0.3 is 17.7 Å². The zero-order valence-electron chi connectivity index (χ0n) is 9.74. The third-order valence-electron chi connectivity index (χ3n) is 3.18. The Morgan fingerprint density at radius 3 is 2.75 bits per heavy atom. The minimum atomic E-state index is 0. The quantitative estimate of drug-likeness (QED) is 0.577. The first-order valence-electron chi connectivity index (χ1n) is 5.47. The van der Waals surface area contributed by atoms with E-state index in [-0.39, 0.29) is 18.3 Å². The van der Waals surface area contributed by atoms with Crippen LogP contribution in [0.2, 0.25) is 0 Å². The topological polar surface area (TPSA) is 37.9 Å². The molecule has 5 heteroatoms. The highest BCUT2D eigenvalue weighted by molar-refractivity contribution is 5.76. The first-order chi connectivity index (χ1) is 7.16. The molecule has 1 saturated carbocycles. The molecular weight excluding hydrogens is 226 g/mol. The Kier molecular flexibility index (Phi) is 4.35. The number of rotatable bonds is 3. The summed E-state index contributed by atoms with van der Waals surface area (Å²) in [5, 5.41) is 3.03. The highest BCUT2D eigenvalue weighted by Gasteiger charge is 2.21. The van der Waals surface area contributed by atoms with Crippen LogP contribution in [0.1, 0.15) is 25.1 Å². The summed E-state index contributed by atoms with van der Waals surface area (Å²) in [6, 6.07) is 0.433. The Labute approximate surface area is 102 Å². The number of hydrogen-bond donors (Lipinski definition) is 1. The molecule has 16 heavy (non-hydrogen) atoms. The number of carbonyl (C=O) groups excluding carboxylic acids is 1. The molecule has 1 amide bonds. The van der Waals surface area contributed by atoms with Gasteiger partial charge in [0.05, 0.1) is 7.05 Å². The second kappa shape index (κ2) is 5.34. The number of nitrogens with zero attached hydrogens (tertiary/aromatic N) is 2. The zero-order valence-corrected chi connectivity index (χ0v) is 10.5. The van der Waals surface area contributed by atoms with E-state index in [9.17, 15) is 4.79 Å². The average molecular weight is 244 g/mol. The summed E-state index contributed by atoms with van der Waals surface area (Å²) in [4.78, 5) is 11.6. The lowest BCUT2D eigenvalue weighted by molar-refractivity contribution is -0.677. The zero-order chi connectivity index (χ0) is 10.8. The van der Waals surface area contributed by atoms with Gasteiger partial charge in [-0.1, -0.05) is 0 Å². The highest BCUT2D eigenvalue weighted by atomic mass is 35.5. The van der Waals surface area contributed by atoms with Gasteiger partial charge in [-0.25, -0.2) is 9.13 Å². The van der Waals surface area contributed by atoms with Gasteiger partial charge in [-0.3, -0.25) is 4.79 Å². The maximum Gasteiger partial charge on any atom is 0.262 e. The van der Waals surface area contributed by atoms with Crippen molar-refractivity contribution in [2.45, 2.75) is 38.8 Å². The molecule has 1 heterocycles. The van der Waals surface area contributed by atoms with E-state index in [1.54, 1.807) is 0 Å². The summed E-state index contributed by atoms with van der Waals surface area (Å²) >= 11 is 0. The second-order valence-corrected chi connectivity index (χ2v) is 4.28. The molecule has 0 aromatic carbocycles. The molecule has 4 nitrogen and oxygen atoms in total. The lowest BCUT2D eigenvalue weighted by Crippen LogP contribution is -3.00. The van der Waals surface area contributed by atoms with Crippen LogP contribution in [-0.2, 0) is 18.4 Å². The van der Waals surface area contributed by atoms with E-state index < -0.39 is 0 Å². The first-order valence-corrected chi connectivity index (χ1v) is 5.47. The van der Waals surface area contributed by atoms with Gasteiger partial charge in [-0.2, -0.15) is 0 Å². The maximum atomic E-state index is 11.6. The summed E-state index contributed by atoms with van der Waals surface area (Å²) < 4.78 is 3.98. The molecule has 0 spiro atoms. The van der Waals surface area contributed by atoms with Crippen LogP contribution in [-0.4, -0.2) is 16.5 Å². The van der Waals surface area contributed by atoms with Crippen molar-refractivity contribution in [3.05, 3.63) is 18.2 Å². The molecule has 1 aromatic rings. The van der Waals surface area contributed by atoms with Crippen molar-refractivity contribution >= 4 is 5.91 Å². The molecule has 0 aliphatic heterocycles. The fraction of sp³-hybridized carbons (Fsp3) is 0.636. The molecule has 1 fully saturated rings. The number of nitrogens with one attached hydrogen (secondary N) is 1. The second-order valence-electron chi connectivity index (χ2n) is 4.28. The monoisotopic (exact) mass is 243 g/mol. The molecular formula is C11H18ClN3O. The molecule has 1 aliphatic rings. The Morgan fingerprint density at radius 2 is 2.31 bits per heavy atom. The van der Waals surface area contributed by atoms with Gasteiger partial charge in [0.1, 0.15) is 12.4 Å². The summed E-state index contributed by atoms with van der Waals surface area (Å²) in [6.45, 7) is 2.44. The minimum Gasteiger partial charge on any atom is -1.00 e. The maximum absolute atomic E-state index is 11.6. The predicted octanol–water partition coefficient (Wildman–Crippen LogP) is -2.71. The standard InChI is InChI=1S/C11H17N3O.ClH/c1-9-13(2)6-7-14(9)8-11(15)12-10-4-3-5-10;/h6-7,10H,3-5,8H2,1-2H3;1H. The van der Waals surface area contributed by atoms with Crippen LogP contribution in [0.15, 0.2) is 12.4 Å². The molecule has 0 bridgehead atoms. The average Bonchev–Trinajstić information content (AvgIpc) is 2.43. The van der Waals surface area contributed by atoms with Crippen LogP contribution < -0.4 is 22.3 Å². The molecule has 0 unspecified atom stereocenters. The van der Waals surface area contributed by atoms with Gasteiger partial charge >= 0.3 is 0 Å². The van der Waals surface area contributed by atoms with Crippen molar-refractivity contribution in [2.75, 3.05) is 0 Å². The summed E-state index contributed by atoms with van der Waals surface area (Å²) in [5.41, 5.74) is 0. The lowest BCUT2D eigenvalue weighted by atomic mass is 9.93. The minimum absolute atomic E-state index is 0. The Hall–Kier alpha value is -1.03. The van der Waals surface area contributed by atoms with E-state index in [0.717, 1.165) is 18.7 Å². The van der Waals surface area contributed by atoms with Gasteiger partial charge in [-0.15, -0.1) is 0 Å².